The Kier molecular flexibility index (Phi) is 4.27. The van der Waals surface area contributed by atoms with Crippen molar-refractivity contribution in [3.63, 3.8) is 0 Å². The summed E-state index contributed by atoms with van der Waals surface area (Å²) in [6.07, 6.45) is 0. The van der Waals surface area contributed by atoms with Gasteiger partial charge in [-0.15, -0.1) is 0 Å². The van der Waals surface area contributed by atoms with Gasteiger partial charge in [0.05, 0.1) is 12.1 Å². The first-order valence-corrected chi connectivity index (χ1v) is 6.94. The lowest BCUT2D eigenvalue weighted by Gasteiger charge is -2.28. The van der Waals surface area contributed by atoms with Crippen LogP contribution in [0.2, 0.25) is 5.02 Å². The third-order valence-corrected chi connectivity index (χ3v) is 3.94. The molecule has 0 saturated carbocycles. The normalized spacial score (nSPS) is 14.2. The van der Waals surface area contributed by atoms with Crippen LogP contribution >= 0.6 is 34.2 Å². The van der Waals surface area contributed by atoms with Crippen molar-refractivity contribution in [2.75, 3.05) is 6.61 Å². The van der Waals surface area contributed by atoms with Crippen molar-refractivity contribution >= 4 is 34.2 Å². The Morgan fingerprint density at radius 3 is 1.89 bits per heavy atom. The van der Waals surface area contributed by atoms with Crippen LogP contribution in [0.1, 0.15) is 11.1 Å². The monoisotopic (exact) mass is 373 g/mol. The minimum atomic E-state index is -0.894. The summed E-state index contributed by atoms with van der Waals surface area (Å²) in [5.74, 6) is 0. The van der Waals surface area contributed by atoms with Crippen LogP contribution in [0.3, 0.4) is 0 Å². The van der Waals surface area contributed by atoms with E-state index in [1.807, 2.05) is 36.4 Å². The average molecular weight is 374 g/mol. The first-order chi connectivity index (χ1) is 8.56. The van der Waals surface area contributed by atoms with E-state index in [2.05, 4.69) is 22.6 Å². The maximum absolute atomic E-state index is 9.67. The van der Waals surface area contributed by atoms with Gasteiger partial charge in [0.25, 0.3) is 0 Å². The summed E-state index contributed by atoms with van der Waals surface area (Å²) in [4.78, 5) is 0. The lowest BCUT2D eigenvalue weighted by atomic mass is 9.84. The zero-order valence-corrected chi connectivity index (χ0v) is 12.5. The van der Waals surface area contributed by atoms with Crippen LogP contribution in [-0.4, -0.2) is 11.7 Å². The van der Waals surface area contributed by atoms with Gasteiger partial charge in [-0.2, -0.15) is 0 Å². The van der Waals surface area contributed by atoms with E-state index in [1.54, 1.807) is 12.1 Å². The molecule has 1 atom stereocenters. The highest BCUT2D eigenvalue weighted by molar-refractivity contribution is 14.1. The third kappa shape index (κ3) is 2.69. The van der Waals surface area contributed by atoms with Crippen molar-refractivity contribution in [1.29, 1.82) is 0 Å². The number of nitrogens with two attached hydrogens (primary N) is 1. The molecule has 0 bridgehead atoms. The average Bonchev–Trinajstić information content (AvgIpc) is 2.39. The maximum atomic E-state index is 9.67. The number of aliphatic hydroxyl groups excluding tert-OH is 1. The Labute approximate surface area is 125 Å². The second-order valence-electron chi connectivity index (χ2n) is 4.14. The quantitative estimate of drug-likeness (QED) is 0.812. The number of benzene rings is 2. The number of rotatable bonds is 3. The van der Waals surface area contributed by atoms with Crippen molar-refractivity contribution in [2.24, 2.45) is 5.73 Å². The first-order valence-electron chi connectivity index (χ1n) is 5.48. The van der Waals surface area contributed by atoms with Crippen molar-refractivity contribution in [3.8, 4) is 0 Å². The topological polar surface area (TPSA) is 46.2 Å². The Hall–Kier alpha value is -0.620. The summed E-state index contributed by atoms with van der Waals surface area (Å²) in [5.41, 5.74) is 7.18. The van der Waals surface area contributed by atoms with Crippen LogP contribution in [0.15, 0.2) is 48.5 Å². The van der Waals surface area contributed by atoms with Gasteiger partial charge in [-0.25, -0.2) is 0 Å². The molecule has 2 rings (SSSR count). The second kappa shape index (κ2) is 5.57. The Bertz CT molecular complexity index is 479. The molecule has 0 radical (unpaired) electrons. The Morgan fingerprint density at radius 1 is 1.00 bits per heavy atom. The molecule has 0 amide bonds. The number of hydrogen-bond acceptors (Lipinski definition) is 2. The SMILES string of the molecule is NC(CO)(c1ccc(Cl)cc1)c1ccc(I)cc1. The molecular formula is C14H13ClINO. The molecule has 2 aromatic carbocycles. The van der Waals surface area contributed by atoms with Crippen LogP contribution in [0.4, 0.5) is 0 Å². The zero-order chi connectivity index (χ0) is 13.2. The lowest BCUT2D eigenvalue weighted by molar-refractivity contribution is 0.223. The van der Waals surface area contributed by atoms with E-state index in [9.17, 15) is 5.11 Å². The highest BCUT2D eigenvalue weighted by Crippen LogP contribution is 2.28. The fourth-order valence-corrected chi connectivity index (χ4v) is 2.33. The van der Waals surface area contributed by atoms with Crippen LogP contribution in [0.5, 0.6) is 0 Å². The lowest BCUT2D eigenvalue weighted by Crippen LogP contribution is -2.41. The second-order valence-corrected chi connectivity index (χ2v) is 5.83. The summed E-state index contributed by atoms with van der Waals surface area (Å²) >= 11 is 8.10. The van der Waals surface area contributed by atoms with E-state index in [4.69, 9.17) is 17.3 Å². The van der Waals surface area contributed by atoms with Gasteiger partial charge in [-0.1, -0.05) is 35.9 Å². The van der Waals surface area contributed by atoms with Gasteiger partial charge < -0.3 is 10.8 Å². The van der Waals surface area contributed by atoms with E-state index in [-0.39, 0.29) is 6.61 Å². The van der Waals surface area contributed by atoms with E-state index in [0.717, 1.165) is 14.7 Å². The molecule has 0 fully saturated rings. The highest BCUT2D eigenvalue weighted by Gasteiger charge is 2.28. The molecule has 1 unspecified atom stereocenters. The van der Waals surface area contributed by atoms with Gasteiger partial charge in [0, 0.05) is 8.59 Å². The molecule has 94 valence electrons. The predicted molar refractivity (Wildman–Crippen MR) is 82.7 cm³/mol. The van der Waals surface area contributed by atoms with Gasteiger partial charge in [-0.05, 0) is 58.0 Å². The Balaban J connectivity index is 2.47. The third-order valence-electron chi connectivity index (χ3n) is 2.97. The van der Waals surface area contributed by atoms with Crippen LogP contribution in [0, 0.1) is 3.57 Å². The molecule has 2 aromatic rings. The highest BCUT2D eigenvalue weighted by atomic mass is 127. The van der Waals surface area contributed by atoms with Gasteiger partial charge >= 0.3 is 0 Å². The molecule has 0 aliphatic carbocycles. The fraction of sp³-hybridized carbons (Fsp3) is 0.143. The summed E-state index contributed by atoms with van der Waals surface area (Å²) < 4.78 is 1.13. The first kappa shape index (κ1) is 13.8. The Morgan fingerprint density at radius 2 is 1.44 bits per heavy atom. The van der Waals surface area contributed by atoms with Gasteiger partial charge in [0.15, 0.2) is 0 Å². The molecule has 18 heavy (non-hydrogen) atoms. The van der Waals surface area contributed by atoms with Crippen LogP contribution in [-0.2, 0) is 5.54 Å². The summed E-state index contributed by atoms with van der Waals surface area (Å²) in [6, 6.07) is 15.1. The summed E-state index contributed by atoms with van der Waals surface area (Å²) in [7, 11) is 0. The fourth-order valence-electron chi connectivity index (χ4n) is 1.84. The molecule has 0 saturated heterocycles. The molecule has 3 N–H and O–H groups in total. The van der Waals surface area contributed by atoms with Crippen LogP contribution in [0.25, 0.3) is 0 Å². The van der Waals surface area contributed by atoms with Gasteiger partial charge in [0.2, 0.25) is 0 Å². The predicted octanol–water partition coefficient (Wildman–Crippen LogP) is 3.14. The van der Waals surface area contributed by atoms with E-state index in [0.29, 0.717) is 5.02 Å². The molecule has 0 aromatic heterocycles. The van der Waals surface area contributed by atoms with Crippen molar-refractivity contribution in [3.05, 3.63) is 68.3 Å². The number of halogens is 2. The molecule has 0 aliphatic heterocycles. The number of hydrogen-bond donors (Lipinski definition) is 2. The van der Waals surface area contributed by atoms with Crippen molar-refractivity contribution in [2.45, 2.75) is 5.54 Å². The van der Waals surface area contributed by atoms with E-state index >= 15 is 0 Å². The summed E-state index contributed by atoms with van der Waals surface area (Å²) in [5, 5.41) is 10.3. The molecular weight excluding hydrogens is 361 g/mol. The standard InChI is InChI=1S/C14H13ClINO/c15-12-5-1-10(2-6-12)14(17,9-18)11-3-7-13(16)8-4-11/h1-8,18H,9,17H2. The molecule has 4 heteroatoms. The summed E-state index contributed by atoms with van der Waals surface area (Å²) in [6.45, 7) is -0.158. The molecule has 0 spiro atoms. The molecule has 0 heterocycles. The zero-order valence-electron chi connectivity index (χ0n) is 9.61. The minimum Gasteiger partial charge on any atom is -0.394 e. The van der Waals surface area contributed by atoms with Crippen LogP contribution < -0.4 is 5.73 Å². The van der Waals surface area contributed by atoms with E-state index in [1.165, 1.54) is 0 Å². The number of aliphatic hydroxyl groups is 1. The van der Waals surface area contributed by atoms with Crippen molar-refractivity contribution in [1.82, 2.24) is 0 Å². The van der Waals surface area contributed by atoms with Crippen molar-refractivity contribution < 1.29 is 5.11 Å². The minimum absolute atomic E-state index is 0.158. The molecule has 0 aliphatic rings. The molecule has 2 nitrogen and oxygen atoms in total. The van der Waals surface area contributed by atoms with E-state index < -0.39 is 5.54 Å². The largest absolute Gasteiger partial charge is 0.394 e. The van der Waals surface area contributed by atoms with Gasteiger partial charge in [0.1, 0.15) is 0 Å². The smallest absolute Gasteiger partial charge is 0.0900 e. The van der Waals surface area contributed by atoms with Gasteiger partial charge in [-0.3, -0.25) is 0 Å². The maximum Gasteiger partial charge on any atom is 0.0900 e.